The molecule has 0 saturated carbocycles. The molecule has 1 saturated heterocycles. The molecule has 0 atom stereocenters. The lowest BCUT2D eigenvalue weighted by atomic mass is 9.88. The number of benzene rings is 1. The summed E-state index contributed by atoms with van der Waals surface area (Å²) < 4.78 is 0. The number of anilines is 1. The predicted molar refractivity (Wildman–Crippen MR) is 87.1 cm³/mol. The molecule has 2 N–H and O–H groups in total. The molecule has 0 radical (unpaired) electrons. The van der Waals surface area contributed by atoms with E-state index >= 15 is 0 Å². The Kier molecular flexibility index (Phi) is 5.17. The van der Waals surface area contributed by atoms with Gasteiger partial charge in [-0.2, -0.15) is 11.8 Å². The molecule has 0 bridgehead atoms. The van der Waals surface area contributed by atoms with E-state index in [9.17, 15) is 15.0 Å². The highest BCUT2D eigenvalue weighted by atomic mass is 32.2. The third-order valence-corrected chi connectivity index (χ3v) is 4.80. The van der Waals surface area contributed by atoms with Gasteiger partial charge < -0.3 is 10.2 Å². The second-order valence-electron chi connectivity index (χ2n) is 5.98. The quantitative estimate of drug-likeness (QED) is 0.893. The minimum Gasteiger partial charge on any atom is -0.465 e. The number of amides is 1. The lowest BCUT2D eigenvalue weighted by Crippen LogP contribution is -2.33. The number of thioether (sulfide) groups is 1. The molecule has 0 spiro atoms. The Balaban J connectivity index is 2.19. The van der Waals surface area contributed by atoms with Gasteiger partial charge in [-0.05, 0) is 48.0 Å². The fourth-order valence-electron chi connectivity index (χ4n) is 2.61. The number of aliphatic hydroxyl groups is 1. The third-order valence-electron chi connectivity index (χ3n) is 3.81. The van der Waals surface area contributed by atoms with Gasteiger partial charge in [-0.1, -0.05) is 26.0 Å². The summed E-state index contributed by atoms with van der Waals surface area (Å²) in [5, 5.41) is 20.0. The van der Waals surface area contributed by atoms with Crippen molar-refractivity contribution in [1.82, 2.24) is 0 Å². The first-order chi connectivity index (χ1) is 9.92. The summed E-state index contributed by atoms with van der Waals surface area (Å²) in [6.45, 7) is 4.45. The fraction of sp³-hybridized carbons (Fsp3) is 0.562. The van der Waals surface area contributed by atoms with Crippen molar-refractivity contribution in [2.75, 3.05) is 23.0 Å². The molecule has 1 aromatic carbocycles. The van der Waals surface area contributed by atoms with Gasteiger partial charge in [0.25, 0.3) is 0 Å². The van der Waals surface area contributed by atoms with Crippen molar-refractivity contribution in [3.63, 3.8) is 0 Å². The first-order valence-electron chi connectivity index (χ1n) is 7.33. The molecular weight excluding hydrogens is 286 g/mol. The standard InChI is InChI=1S/C16H23NO3S/c1-12(2)11-17(15(18)19)14-5-3-13(4-6-14)16(20)7-9-21-10-8-16/h3-6,12,20H,7-11H2,1-2H3,(H,18,19). The summed E-state index contributed by atoms with van der Waals surface area (Å²) in [6, 6.07) is 7.32. The van der Waals surface area contributed by atoms with Crippen LogP contribution in [0.3, 0.4) is 0 Å². The second kappa shape index (κ2) is 6.71. The molecular formula is C16H23NO3S. The normalized spacial score (nSPS) is 17.7. The van der Waals surface area contributed by atoms with E-state index in [0.717, 1.165) is 29.9 Å². The van der Waals surface area contributed by atoms with E-state index in [2.05, 4.69) is 0 Å². The Morgan fingerprint density at radius 1 is 1.29 bits per heavy atom. The van der Waals surface area contributed by atoms with Gasteiger partial charge in [-0.15, -0.1) is 0 Å². The summed E-state index contributed by atoms with van der Waals surface area (Å²) >= 11 is 1.86. The van der Waals surface area contributed by atoms with Crippen LogP contribution in [0.25, 0.3) is 0 Å². The zero-order valence-corrected chi connectivity index (χ0v) is 13.4. The molecule has 4 nitrogen and oxygen atoms in total. The topological polar surface area (TPSA) is 60.8 Å². The van der Waals surface area contributed by atoms with Gasteiger partial charge in [0.15, 0.2) is 0 Å². The van der Waals surface area contributed by atoms with Gasteiger partial charge in [0.2, 0.25) is 0 Å². The second-order valence-corrected chi connectivity index (χ2v) is 7.20. The Morgan fingerprint density at radius 3 is 2.33 bits per heavy atom. The van der Waals surface area contributed by atoms with Crippen LogP contribution in [0.2, 0.25) is 0 Å². The summed E-state index contributed by atoms with van der Waals surface area (Å²) in [4.78, 5) is 12.7. The number of rotatable bonds is 4. The van der Waals surface area contributed by atoms with Crippen LogP contribution in [-0.2, 0) is 5.60 Å². The molecule has 1 aliphatic rings. The van der Waals surface area contributed by atoms with Crippen LogP contribution in [0.15, 0.2) is 24.3 Å². The van der Waals surface area contributed by atoms with E-state index in [4.69, 9.17) is 0 Å². The van der Waals surface area contributed by atoms with E-state index in [1.54, 1.807) is 12.1 Å². The zero-order valence-electron chi connectivity index (χ0n) is 12.6. The van der Waals surface area contributed by atoms with Crippen LogP contribution >= 0.6 is 11.8 Å². The molecule has 1 fully saturated rings. The highest BCUT2D eigenvalue weighted by molar-refractivity contribution is 7.99. The molecule has 2 rings (SSSR count). The van der Waals surface area contributed by atoms with Crippen molar-refractivity contribution in [3.8, 4) is 0 Å². The molecule has 1 aliphatic heterocycles. The van der Waals surface area contributed by atoms with Crippen LogP contribution in [0.5, 0.6) is 0 Å². The van der Waals surface area contributed by atoms with Crippen molar-refractivity contribution in [2.24, 2.45) is 5.92 Å². The van der Waals surface area contributed by atoms with Gasteiger partial charge in [0.1, 0.15) is 0 Å². The van der Waals surface area contributed by atoms with Gasteiger partial charge >= 0.3 is 6.09 Å². The molecule has 116 valence electrons. The van der Waals surface area contributed by atoms with E-state index < -0.39 is 11.7 Å². The van der Waals surface area contributed by atoms with Crippen LogP contribution in [-0.4, -0.2) is 34.4 Å². The van der Waals surface area contributed by atoms with Gasteiger partial charge in [0.05, 0.1) is 5.60 Å². The number of nitrogens with zero attached hydrogens (tertiary/aromatic N) is 1. The highest BCUT2D eigenvalue weighted by Crippen LogP contribution is 2.36. The molecule has 0 aliphatic carbocycles. The molecule has 1 amide bonds. The first kappa shape index (κ1) is 16.2. The maximum Gasteiger partial charge on any atom is 0.411 e. The Morgan fingerprint density at radius 2 is 1.86 bits per heavy atom. The van der Waals surface area contributed by atoms with E-state index in [0.29, 0.717) is 12.2 Å². The average Bonchev–Trinajstić information content (AvgIpc) is 2.45. The molecule has 21 heavy (non-hydrogen) atoms. The van der Waals surface area contributed by atoms with Crippen LogP contribution in [0, 0.1) is 5.92 Å². The summed E-state index contributed by atoms with van der Waals surface area (Å²) in [7, 11) is 0. The Bertz CT molecular complexity index is 481. The number of carbonyl (C=O) groups is 1. The number of hydrogen-bond acceptors (Lipinski definition) is 3. The number of hydrogen-bond donors (Lipinski definition) is 2. The summed E-state index contributed by atoms with van der Waals surface area (Å²) in [5.74, 6) is 2.19. The number of carboxylic acid groups (broad SMARTS) is 1. The van der Waals surface area contributed by atoms with E-state index in [-0.39, 0.29) is 5.92 Å². The molecule has 1 aromatic rings. The third kappa shape index (κ3) is 3.92. The smallest absolute Gasteiger partial charge is 0.411 e. The summed E-state index contributed by atoms with van der Waals surface area (Å²) in [6.07, 6.45) is 0.571. The van der Waals surface area contributed by atoms with Crippen molar-refractivity contribution in [1.29, 1.82) is 0 Å². The van der Waals surface area contributed by atoms with Crippen molar-refractivity contribution < 1.29 is 15.0 Å². The van der Waals surface area contributed by atoms with Crippen molar-refractivity contribution >= 4 is 23.5 Å². The molecule has 0 unspecified atom stereocenters. The fourth-order valence-corrected chi connectivity index (χ4v) is 3.78. The molecule has 5 heteroatoms. The maximum atomic E-state index is 11.4. The van der Waals surface area contributed by atoms with Crippen molar-refractivity contribution in [3.05, 3.63) is 29.8 Å². The molecule has 0 aromatic heterocycles. The molecule has 1 heterocycles. The van der Waals surface area contributed by atoms with E-state index in [1.165, 1.54) is 4.90 Å². The lowest BCUT2D eigenvalue weighted by Gasteiger charge is -2.32. The summed E-state index contributed by atoms with van der Waals surface area (Å²) in [5.41, 5.74) is 0.797. The largest absolute Gasteiger partial charge is 0.465 e. The predicted octanol–water partition coefficient (Wildman–Crippen LogP) is 3.54. The minimum atomic E-state index is -0.941. The SMILES string of the molecule is CC(C)CN(C(=O)O)c1ccc(C2(O)CCSCC2)cc1. The Labute approximate surface area is 130 Å². The minimum absolute atomic E-state index is 0.264. The van der Waals surface area contributed by atoms with Gasteiger partial charge in [-0.3, -0.25) is 4.90 Å². The Hall–Kier alpha value is -1.20. The van der Waals surface area contributed by atoms with Crippen LogP contribution in [0.1, 0.15) is 32.3 Å². The monoisotopic (exact) mass is 309 g/mol. The average molecular weight is 309 g/mol. The first-order valence-corrected chi connectivity index (χ1v) is 8.49. The van der Waals surface area contributed by atoms with Crippen molar-refractivity contribution in [2.45, 2.75) is 32.3 Å². The lowest BCUT2D eigenvalue weighted by molar-refractivity contribution is 0.0281. The van der Waals surface area contributed by atoms with Gasteiger partial charge in [-0.25, -0.2) is 4.79 Å². The highest BCUT2D eigenvalue weighted by Gasteiger charge is 2.31. The maximum absolute atomic E-state index is 11.4. The van der Waals surface area contributed by atoms with Crippen LogP contribution < -0.4 is 4.90 Å². The van der Waals surface area contributed by atoms with E-state index in [1.807, 2.05) is 37.7 Å². The van der Waals surface area contributed by atoms with Gasteiger partial charge in [0, 0.05) is 12.2 Å². The zero-order chi connectivity index (χ0) is 15.5. The van der Waals surface area contributed by atoms with Crippen LogP contribution in [0.4, 0.5) is 10.5 Å².